The normalized spacial score (nSPS) is 19.5. The third kappa shape index (κ3) is 1.88. The summed E-state index contributed by atoms with van der Waals surface area (Å²) < 4.78 is 2.22. The molecule has 94 valence electrons. The van der Waals surface area contributed by atoms with Gasteiger partial charge < -0.3 is 11.1 Å². The largest absolute Gasteiger partial charge is 0.399 e. The Balaban J connectivity index is 1.97. The molecule has 1 unspecified atom stereocenters. The van der Waals surface area contributed by atoms with Gasteiger partial charge in [-0.15, -0.1) is 0 Å². The fourth-order valence-electron chi connectivity index (χ4n) is 2.41. The number of hydrogen-bond donors (Lipinski definition) is 2. The molecular formula is C13H17N4P. The Hall–Kier alpha value is -1.51. The highest BCUT2D eigenvalue weighted by molar-refractivity contribution is 7.13. The van der Waals surface area contributed by atoms with Gasteiger partial charge in [0, 0.05) is 30.9 Å². The zero-order valence-electron chi connectivity index (χ0n) is 10.2. The van der Waals surface area contributed by atoms with Crippen LogP contribution in [0.25, 0.3) is 0 Å². The fraction of sp³-hybridized carbons (Fsp3) is 0.231. The van der Waals surface area contributed by atoms with E-state index in [0.29, 0.717) is 0 Å². The van der Waals surface area contributed by atoms with Gasteiger partial charge in [0.15, 0.2) is 0 Å². The molecule has 2 aliphatic rings. The minimum Gasteiger partial charge on any atom is -0.399 e. The molecule has 5 heteroatoms. The molecule has 1 aromatic rings. The zero-order chi connectivity index (χ0) is 12.7. The van der Waals surface area contributed by atoms with Crippen LogP contribution in [0.1, 0.15) is 6.42 Å². The van der Waals surface area contributed by atoms with E-state index in [9.17, 15) is 0 Å². The molecule has 3 rings (SSSR count). The van der Waals surface area contributed by atoms with E-state index in [2.05, 4.69) is 36.9 Å². The van der Waals surface area contributed by atoms with Gasteiger partial charge in [0.05, 0.1) is 11.4 Å². The van der Waals surface area contributed by atoms with Gasteiger partial charge in [0.2, 0.25) is 0 Å². The van der Waals surface area contributed by atoms with Crippen molar-refractivity contribution < 1.29 is 0 Å². The second-order valence-electron chi connectivity index (χ2n) is 4.62. The van der Waals surface area contributed by atoms with Crippen LogP contribution in [0.15, 0.2) is 42.4 Å². The highest BCUT2D eigenvalue weighted by atomic mass is 31.0. The molecule has 2 heterocycles. The maximum absolute atomic E-state index is 5.81. The van der Waals surface area contributed by atoms with E-state index in [-0.39, 0.29) is 0 Å². The van der Waals surface area contributed by atoms with Gasteiger partial charge in [-0.25, -0.2) is 0 Å². The predicted octanol–water partition coefficient (Wildman–Crippen LogP) is 2.35. The lowest BCUT2D eigenvalue weighted by Gasteiger charge is -2.29. The molecule has 18 heavy (non-hydrogen) atoms. The van der Waals surface area contributed by atoms with E-state index >= 15 is 0 Å². The number of nitrogens with two attached hydrogens (primary N) is 1. The summed E-state index contributed by atoms with van der Waals surface area (Å²) in [6, 6.07) is 5.92. The summed E-state index contributed by atoms with van der Waals surface area (Å²) >= 11 is 0. The third-order valence-electron chi connectivity index (χ3n) is 3.31. The standard InChI is InChI=1S/C13H17N4P/c1-9-15-12-8-10(14)2-3-13(12)17(9)11-4-6-16(18)7-5-11/h2-4,8,15H,1,5-7,14,18H2. The molecule has 0 fully saturated rings. The molecule has 0 bridgehead atoms. The molecule has 0 saturated carbocycles. The number of fused-ring (bicyclic) bond motifs is 1. The average molecular weight is 260 g/mol. The van der Waals surface area contributed by atoms with Crippen molar-refractivity contribution in [1.82, 2.24) is 4.67 Å². The van der Waals surface area contributed by atoms with Gasteiger partial charge in [-0.2, -0.15) is 0 Å². The molecule has 0 radical (unpaired) electrons. The maximum atomic E-state index is 5.81. The maximum Gasteiger partial charge on any atom is 0.107 e. The van der Waals surface area contributed by atoms with Crippen LogP contribution in [0.4, 0.5) is 17.1 Å². The Labute approximate surface area is 109 Å². The molecule has 1 aromatic carbocycles. The first-order valence-electron chi connectivity index (χ1n) is 5.99. The second-order valence-corrected chi connectivity index (χ2v) is 5.35. The molecule has 0 aromatic heterocycles. The van der Waals surface area contributed by atoms with Crippen LogP contribution < -0.4 is 16.0 Å². The van der Waals surface area contributed by atoms with Gasteiger partial charge >= 0.3 is 0 Å². The SMILES string of the molecule is C=C1Nc2cc(N)ccc2N1C1=CCN(P)CC1. The van der Waals surface area contributed by atoms with Gasteiger partial charge in [-0.3, -0.25) is 9.57 Å². The van der Waals surface area contributed by atoms with E-state index in [0.717, 1.165) is 42.4 Å². The van der Waals surface area contributed by atoms with E-state index in [4.69, 9.17) is 5.73 Å². The number of anilines is 3. The van der Waals surface area contributed by atoms with Crippen LogP contribution in [-0.2, 0) is 0 Å². The minimum absolute atomic E-state index is 0.768. The zero-order valence-corrected chi connectivity index (χ0v) is 11.3. The highest BCUT2D eigenvalue weighted by Gasteiger charge is 2.26. The van der Waals surface area contributed by atoms with Gasteiger partial charge in [-0.05, 0) is 18.2 Å². The van der Waals surface area contributed by atoms with Gasteiger partial charge in [0.25, 0.3) is 0 Å². The molecule has 2 aliphatic heterocycles. The summed E-state index contributed by atoms with van der Waals surface area (Å²) in [7, 11) is 2.74. The van der Waals surface area contributed by atoms with Crippen LogP contribution in [0.3, 0.4) is 0 Å². The van der Waals surface area contributed by atoms with E-state index < -0.39 is 0 Å². The van der Waals surface area contributed by atoms with Crippen molar-refractivity contribution in [2.45, 2.75) is 6.42 Å². The van der Waals surface area contributed by atoms with Crippen molar-refractivity contribution >= 4 is 26.5 Å². The smallest absolute Gasteiger partial charge is 0.107 e. The first-order chi connectivity index (χ1) is 8.65. The second kappa shape index (κ2) is 4.30. The summed E-state index contributed by atoms with van der Waals surface area (Å²) in [4.78, 5) is 2.19. The minimum atomic E-state index is 0.768. The van der Waals surface area contributed by atoms with Crippen molar-refractivity contribution in [3.8, 4) is 0 Å². The lowest BCUT2D eigenvalue weighted by Crippen LogP contribution is -2.27. The van der Waals surface area contributed by atoms with Crippen LogP contribution in [0.2, 0.25) is 0 Å². The third-order valence-corrected chi connectivity index (χ3v) is 3.78. The Morgan fingerprint density at radius 3 is 2.94 bits per heavy atom. The van der Waals surface area contributed by atoms with Crippen molar-refractivity contribution in [3.63, 3.8) is 0 Å². The predicted molar refractivity (Wildman–Crippen MR) is 80.1 cm³/mol. The average Bonchev–Trinajstić information content (AvgIpc) is 2.65. The molecule has 0 amide bonds. The highest BCUT2D eigenvalue weighted by Crippen LogP contribution is 2.40. The van der Waals surface area contributed by atoms with Crippen LogP contribution in [0, 0.1) is 0 Å². The van der Waals surface area contributed by atoms with Crippen LogP contribution in [0.5, 0.6) is 0 Å². The van der Waals surface area contributed by atoms with Crippen molar-refractivity contribution in [3.05, 3.63) is 42.4 Å². The summed E-state index contributed by atoms with van der Waals surface area (Å²) in [6.45, 7) is 6.09. The Kier molecular flexibility index (Phi) is 2.77. The molecule has 0 saturated heterocycles. The molecular weight excluding hydrogens is 243 g/mol. The number of nitrogens with one attached hydrogen (secondary N) is 1. The quantitative estimate of drug-likeness (QED) is 0.601. The van der Waals surface area contributed by atoms with E-state index in [1.54, 1.807) is 0 Å². The number of rotatable bonds is 1. The molecule has 0 spiro atoms. The summed E-state index contributed by atoms with van der Waals surface area (Å²) in [5, 5.41) is 3.29. The Morgan fingerprint density at radius 2 is 2.22 bits per heavy atom. The number of hydrogen-bond acceptors (Lipinski definition) is 4. The number of nitrogen functional groups attached to an aromatic ring is 1. The molecule has 1 atom stereocenters. The topological polar surface area (TPSA) is 44.5 Å². The summed E-state index contributed by atoms with van der Waals surface area (Å²) in [5.74, 6) is 0.902. The van der Waals surface area contributed by atoms with Crippen molar-refractivity contribution in [1.29, 1.82) is 0 Å². The monoisotopic (exact) mass is 260 g/mol. The van der Waals surface area contributed by atoms with Crippen molar-refractivity contribution in [2.75, 3.05) is 29.0 Å². The number of nitrogens with zero attached hydrogens (tertiary/aromatic N) is 2. The van der Waals surface area contributed by atoms with E-state index in [1.165, 1.54) is 5.70 Å². The Morgan fingerprint density at radius 1 is 1.39 bits per heavy atom. The number of benzene rings is 1. The first-order valence-corrected chi connectivity index (χ1v) is 6.51. The van der Waals surface area contributed by atoms with Crippen LogP contribution in [-0.4, -0.2) is 17.8 Å². The van der Waals surface area contributed by atoms with Gasteiger partial charge in [0.1, 0.15) is 5.82 Å². The Bertz CT molecular complexity index is 538. The fourth-order valence-corrected chi connectivity index (χ4v) is 2.65. The lowest BCUT2D eigenvalue weighted by molar-refractivity contribution is 0.494. The molecule has 0 aliphatic carbocycles. The summed E-state index contributed by atoms with van der Waals surface area (Å²) in [6.07, 6.45) is 3.27. The molecule has 3 N–H and O–H groups in total. The van der Waals surface area contributed by atoms with Gasteiger partial charge in [-0.1, -0.05) is 22.0 Å². The van der Waals surface area contributed by atoms with Crippen molar-refractivity contribution in [2.24, 2.45) is 0 Å². The summed E-state index contributed by atoms with van der Waals surface area (Å²) in [5.41, 5.74) is 10.0. The lowest BCUT2D eigenvalue weighted by atomic mass is 10.1. The van der Waals surface area contributed by atoms with Crippen LogP contribution >= 0.6 is 9.39 Å². The first kappa shape index (κ1) is 11.6. The van der Waals surface area contributed by atoms with E-state index in [1.807, 2.05) is 18.2 Å². The molecule has 4 nitrogen and oxygen atoms in total.